The van der Waals surface area contributed by atoms with Gasteiger partial charge in [-0.1, -0.05) is 0 Å². The summed E-state index contributed by atoms with van der Waals surface area (Å²) in [5, 5.41) is 6.29. The van der Waals surface area contributed by atoms with E-state index >= 15 is 0 Å². The second-order valence-corrected chi connectivity index (χ2v) is 7.32. The quantitative estimate of drug-likeness (QED) is 0.674. The molecule has 0 aliphatic rings. The number of rotatable bonds is 4. The molecule has 0 aliphatic heterocycles. The van der Waals surface area contributed by atoms with Crippen molar-refractivity contribution in [2.45, 2.75) is 13.8 Å². The maximum atomic E-state index is 14.0. The average molecular weight is 398 g/mol. The van der Waals surface area contributed by atoms with Gasteiger partial charge in [-0.25, -0.2) is 18.2 Å². The van der Waals surface area contributed by atoms with E-state index in [4.69, 9.17) is 0 Å². The van der Waals surface area contributed by atoms with Crippen LogP contribution >= 0.6 is 22.9 Å². The molecule has 0 atom stereocenters. The Morgan fingerprint density at radius 2 is 1.81 bits per heavy atom. The molecule has 10 heteroatoms. The van der Waals surface area contributed by atoms with Crippen molar-refractivity contribution in [3.63, 3.8) is 0 Å². The number of carbonyl (C=O) groups excluding carboxylic acids is 1. The van der Waals surface area contributed by atoms with Crippen LogP contribution in [0.3, 0.4) is 0 Å². The molecular weight excluding hydrogens is 385 g/mol. The summed E-state index contributed by atoms with van der Waals surface area (Å²) in [6.45, 7) is 3.31. The molecule has 0 fully saturated rings. The van der Waals surface area contributed by atoms with Gasteiger partial charge in [0.25, 0.3) is 5.91 Å². The fourth-order valence-corrected chi connectivity index (χ4v) is 3.98. The molecule has 0 radical (unpaired) electrons. The minimum atomic E-state index is -1.05. The van der Waals surface area contributed by atoms with Gasteiger partial charge < -0.3 is 5.32 Å². The summed E-state index contributed by atoms with van der Waals surface area (Å²) < 4.78 is 45.2. The molecule has 0 unspecified atom stereocenters. The molecule has 136 valence electrons. The van der Waals surface area contributed by atoms with E-state index in [1.807, 2.05) is 0 Å². The van der Waals surface area contributed by atoms with Crippen LogP contribution in [0.25, 0.3) is 11.3 Å². The van der Waals surface area contributed by atoms with Crippen LogP contribution < -0.4 is 10.6 Å². The standard InChI is InChI=1S/C16H13F3N4OS2/c1-6-11(15(20-3)26-23-6)14(24)22-16-21-13(7(2)25-16)12-9(18)4-8(17)5-10(12)19/h4-5,20H,1-3H3,(H,21,22,24). The lowest BCUT2D eigenvalue weighted by molar-refractivity contribution is 0.102. The monoisotopic (exact) mass is 398 g/mol. The number of aromatic nitrogens is 2. The number of anilines is 2. The van der Waals surface area contributed by atoms with Crippen molar-refractivity contribution < 1.29 is 18.0 Å². The summed E-state index contributed by atoms with van der Waals surface area (Å²) >= 11 is 2.22. The zero-order valence-electron chi connectivity index (χ0n) is 13.9. The molecule has 0 saturated heterocycles. The first kappa shape index (κ1) is 18.3. The first-order valence-electron chi connectivity index (χ1n) is 7.39. The van der Waals surface area contributed by atoms with Crippen molar-refractivity contribution in [3.8, 4) is 11.3 Å². The summed E-state index contributed by atoms with van der Waals surface area (Å²) in [4.78, 5) is 17.1. The van der Waals surface area contributed by atoms with Crippen molar-refractivity contribution in [3.05, 3.63) is 45.7 Å². The third-order valence-corrected chi connectivity index (χ3v) is 5.42. The van der Waals surface area contributed by atoms with Gasteiger partial charge in [-0.15, -0.1) is 11.3 Å². The molecule has 26 heavy (non-hydrogen) atoms. The van der Waals surface area contributed by atoms with E-state index in [9.17, 15) is 18.0 Å². The molecule has 5 nitrogen and oxygen atoms in total. The lowest BCUT2D eigenvalue weighted by Crippen LogP contribution is -2.13. The van der Waals surface area contributed by atoms with Gasteiger partial charge in [0.15, 0.2) is 5.13 Å². The van der Waals surface area contributed by atoms with E-state index in [-0.39, 0.29) is 10.8 Å². The number of nitrogens with zero attached hydrogens (tertiary/aromatic N) is 2. The van der Waals surface area contributed by atoms with E-state index in [0.717, 1.165) is 22.9 Å². The summed E-state index contributed by atoms with van der Waals surface area (Å²) in [6, 6.07) is 1.18. The van der Waals surface area contributed by atoms with Gasteiger partial charge in [0, 0.05) is 24.1 Å². The van der Waals surface area contributed by atoms with Gasteiger partial charge in [0.05, 0.1) is 22.5 Å². The van der Waals surface area contributed by atoms with Crippen molar-refractivity contribution >= 4 is 38.9 Å². The fraction of sp³-hybridized carbons (Fsp3) is 0.188. The summed E-state index contributed by atoms with van der Waals surface area (Å²) in [5.74, 6) is -3.54. The Morgan fingerprint density at radius 3 is 2.42 bits per heavy atom. The zero-order chi connectivity index (χ0) is 19.0. The molecule has 1 amide bonds. The molecule has 0 bridgehead atoms. The molecule has 0 spiro atoms. The number of carbonyl (C=O) groups is 1. The Morgan fingerprint density at radius 1 is 1.15 bits per heavy atom. The van der Waals surface area contributed by atoms with Gasteiger partial charge in [0.2, 0.25) is 0 Å². The maximum Gasteiger partial charge on any atom is 0.262 e. The number of hydrogen-bond donors (Lipinski definition) is 2. The van der Waals surface area contributed by atoms with Crippen molar-refractivity contribution in [2.24, 2.45) is 0 Å². The van der Waals surface area contributed by atoms with E-state index in [1.54, 1.807) is 20.9 Å². The molecule has 2 N–H and O–H groups in total. The summed E-state index contributed by atoms with van der Waals surface area (Å²) in [6.07, 6.45) is 0. The lowest BCUT2D eigenvalue weighted by Gasteiger charge is -2.04. The first-order chi connectivity index (χ1) is 12.3. The third kappa shape index (κ3) is 3.29. The van der Waals surface area contributed by atoms with Crippen LogP contribution in [0.15, 0.2) is 12.1 Å². The lowest BCUT2D eigenvalue weighted by atomic mass is 10.1. The molecule has 3 rings (SSSR count). The number of amides is 1. The Balaban J connectivity index is 1.94. The van der Waals surface area contributed by atoms with Crippen LogP contribution in [0.2, 0.25) is 0 Å². The number of aryl methyl sites for hydroxylation is 2. The number of hydrogen-bond acceptors (Lipinski definition) is 6. The molecule has 0 saturated carbocycles. The van der Waals surface area contributed by atoms with Crippen LogP contribution in [0.4, 0.5) is 23.3 Å². The Bertz CT molecular complexity index is 977. The highest BCUT2D eigenvalue weighted by Gasteiger charge is 2.22. The van der Waals surface area contributed by atoms with Gasteiger partial charge in [0.1, 0.15) is 22.5 Å². The number of thiazole rings is 1. The van der Waals surface area contributed by atoms with Crippen molar-refractivity contribution in [2.75, 3.05) is 17.7 Å². The van der Waals surface area contributed by atoms with Crippen LogP contribution in [-0.4, -0.2) is 22.3 Å². The largest absolute Gasteiger partial charge is 0.378 e. The molecule has 1 aromatic carbocycles. The summed E-state index contributed by atoms with van der Waals surface area (Å²) in [5.41, 5.74) is 0.534. The highest BCUT2D eigenvalue weighted by Crippen LogP contribution is 2.34. The van der Waals surface area contributed by atoms with Crippen LogP contribution in [0.1, 0.15) is 20.9 Å². The van der Waals surface area contributed by atoms with Crippen LogP contribution in [0.5, 0.6) is 0 Å². The van der Waals surface area contributed by atoms with E-state index in [0.29, 0.717) is 33.3 Å². The zero-order valence-corrected chi connectivity index (χ0v) is 15.5. The third-order valence-electron chi connectivity index (χ3n) is 3.58. The molecule has 0 aliphatic carbocycles. The van der Waals surface area contributed by atoms with Gasteiger partial charge in [-0.3, -0.25) is 10.1 Å². The van der Waals surface area contributed by atoms with Gasteiger partial charge >= 0.3 is 0 Å². The minimum Gasteiger partial charge on any atom is -0.378 e. The minimum absolute atomic E-state index is 0.0225. The highest BCUT2D eigenvalue weighted by molar-refractivity contribution is 7.16. The van der Waals surface area contributed by atoms with Crippen molar-refractivity contribution in [1.82, 2.24) is 9.36 Å². The highest BCUT2D eigenvalue weighted by atomic mass is 32.1. The van der Waals surface area contributed by atoms with E-state index in [1.165, 1.54) is 0 Å². The molecule has 2 aromatic heterocycles. The topological polar surface area (TPSA) is 66.9 Å². The average Bonchev–Trinajstić information content (AvgIpc) is 3.09. The van der Waals surface area contributed by atoms with Crippen molar-refractivity contribution in [1.29, 1.82) is 0 Å². The van der Waals surface area contributed by atoms with Gasteiger partial charge in [-0.05, 0) is 25.4 Å². The fourth-order valence-electron chi connectivity index (χ4n) is 2.42. The predicted octanol–water partition coefficient (Wildman–Crippen LogP) is 4.59. The number of nitrogens with one attached hydrogen (secondary N) is 2. The molecule has 3 aromatic rings. The first-order valence-corrected chi connectivity index (χ1v) is 8.98. The van der Waals surface area contributed by atoms with E-state index in [2.05, 4.69) is 20.0 Å². The van der Waals surface area contributed by atoms with Gasteiger partial charge in [-0.2, -0.15) is 4.37 Å². The Hall–Kier alpha value is -2.46. The second kappa shape index (κ2) is 7.04. The number of halogens is 3. The second-order valence-electron chi connectivity index (χ2n) is 5.34. The Labute approximate surface area is 155 Å². The predicted molar refractivity (Wildman–Crippen MR) is 96.5 cm³/mol. The van der Waals surface area contributed by atoms with E-state index < -0.39 is 28.9 Å². The smallest absolute Gasteiger partial charge is 0.262 e. The Kier molecular flexibility index (Phi) is 4.97. The normalized spacial score (nSPS) is 10.8. The molecular formula is C16H13F3N4OS2. The number of benzene rings is 1. The van der Waals surface area contributed by atoms with Crippen LogP contribution in [0, 0.1) is 31.3 Å². The van der Waals surface area contributed by atoms with Crippen LogP contribution in [-0.2, 0) is 0 Å². The summed E-state index contributed by atoms with van der Waals surface area (Å²) in [7, 11) is 1.68. The molecule has 2 heterocycles. The maximum absolute atomic E-state index is 14.0. The SMILES string of the molecule is CNc1snc(C)c1C(=O)Nc1nc(-c2c(F)cc(F)cc2F)c(C)s1.